The number of amides is 2. The maximum atomic E-state index is 14.8. The number of fused-ring (bicyclic) bond motifs is 3. The zero-order valence-corrected chi connectivity index (χ0v) is 33.8. The monoisotopic (exact) mass is 803 g/mol. The highest BCUT2D eigenvalue weighted by Crippen LogP contribution is 2.58. The highest BCUT2D eigenvalue weighted by molar-refractivity contribution is 7.91. The van der Waals surface area contributed by atoms with Crippen LogP contribution < -0.4 is 14.2 Å². The average molecular weight is 804 g/mol. The molecule has 300 valence electrons. The van der Waals surface area contributed by atoms with Crippen LogP contribution in [0.25, 0.3) is 10.8 Å². The van der Waals surface area contributed by atoms with Crippen molar-refractivity contribution in [1.82, 2.24) is 14.6 Å². The van der Waals surface area contributed by atoms with Gasteiger partial charge in [-0.1, -0.05) is 43.7 Å². The molecule has 2 aliphatic heterocycles. The molecular weight excluding hydrogens is 753 g/mol. The van der Waals surface area contributed by atoms with E-state index in [4.69, 9.17) is 25.8 Å². The van der Waals surface area contributed by atoms with Crippen molar-refractivity contribution in [2.75, 3.05) is 13.7 Å². The van der Waals surface area contributed by atoms with Crippen molar-refractivity contribution in [3.8, 4) is 11.6 Å². The fourth-order valence-corrected chi connectivity index (χ4v) is 9.69. The van der Waals surface area contributed by atoms with E-state index in [1.54, 1.807) is 39.0 Å². The van der Waals surface area contributed by atoms with Gasteiger partial charge in [0.15, 0.2) is 5.78 Å². The number of methoxy groups -OCH3 is 1. The van der Waals surface area contributed by atoms with Crippen LogP contribution in [0, 0.1) is 29.1 Å². The summed E-state index contributed by atoms with van der Waals surface area (Å²) >= 11 is 6.55. The lowest BCUT2D eigenvalue weighted by molar-refractivity contribution is -0.160. The zero-order valence-electron chi connectivity index (χ0n) is 32.2. The smallest absolute Gasteiger partial charge is 0.307 e. The third-order valence-electron chi connectivity index (χ3n) is 11.4. The van der Waals surface area contributed by atoms with Gasteiger partial charge in [0, 0.05) is 36.5 Å². The van der Waals surface area contributed by atoms with E-state index in [1.165, 1.54) is 18.2 Å². The number of allylic oxidation sites excluding steroid dienone is 2. The summed E-state index contributed by atoms with van der Waals surface area (Å²) < 4.78 is 60.1. The standard InChI is InChI=1S/C40H51ClFN3O9S/c1-23-10-7-8-11-25-19-39(25,37(49)44-55(50,51)40(42)14-15-40)20-31(46)30-17-26(53-35-27-12-9-13-29(41)34(27)32(52-6)21-43-35)22-45(30)36(48)28(24(2)16-23)18-33(47)54-38(3,4)5/h8-9,11-13,21,23-26,28,30H,7,10,14-20,22H2,1-6H3,(H,44,49)/b11-8-/t23?,24-,25-,26-,28?,30+,39-/m1/s1. The molecule has 1 aromatic heterocycles. The first-order valence-electron chi connectivity index (χ1n) is 19.0. The molecule has 1 saturated heterocycles. The second-order valence-corrected chi connectivity index (χ2v) is 19.3. The summed E-state index contributed by atoms with van der Waals surface area (Å²) in [5.41, 5.74) is -2.23. The number of ether oxygens (including phenoxy) is 3. The van der Waals surface area contributed by atoms with E-state index in [2.05, 4.69) is 11.9 Å². The maximum Gasteiger partial charge on any atom is 0.307 e. The van der Waals surface area contributed by atoms with Crippen LogP contribution in [-0.4, -0.2) is 78.3 Å². The van der Waals surface area contributed by atoms with Crippen molar-refractivity contribution in [1.29, 1.82) is 0 Å². The Kier molecular flexibility index (Phi) is 11.4. The fourth-order valence-electron chi connectivity index (χ4n) is 8.15. The predicted molar refractivity (Wildman–Crippen MR) is 203 cm³/mol. The van der Waals surface area contributed by atoms with E-state index in [0.29, 0.717) is 34.4 Å². The Labute approximate surface area is 326 Å². The summed E-state index contributed by atoms with van der Waals surface area (Å²) in [7, 11) is -3.13. The minimum absolute atomic E-state index is 0.0284. The minimum Gasteiger partial charge on any atom is -0.494 e. The molecule has 12 nitrogen and oxygen atoms in total. The van der Waals surface area contributed by atoms with Gasteiger partial charge in [-0.2, -0.15) is 0 Å². The van der Waals surface area contributed by atoms with Gasteiger partial charge >= 0.3 is 5.97 Å². The first-order valence-corrected chi connectivity index (χ1v) is 20.9. The number of rotatable bonds is 8. The first kappa shape index (κ1) is 40.9. The van der Waals surface area contributed by atoms with E-state index in [0.717, 1.165) is 6.42 Å². The lowest BCUT2D eigenvalue weighted by Crippen LogP contribution is -2.48. The normalized spacial score (nSPS) is 30.3. The molecule has 0 bridgehead atoms. The SMILES string of the molecule is COc1cnc(O[C@@H]2C[C@H]3C(=O)C[C@]4(C(=O)NS(=O)(=O)C5(F)CC5)C[C@H]4/C=C\CCC(C)C[C@@H](C)C(CC(=O)OC(C)(C)C)C(=O)N3C2)c2cccc(Cl)c12. The van der Waals surface area contributed by atoms with Crippen LogP contribution in [0.5, 0.6) is 11.6 Å². The van der Waals surface area contributed by atoms with Crippen LogP contribution in [0.2, 0.25) is 5.02 Å². The Balaban J connectivity index is 1.36. The Morgan fingerprint density at radius 3 is 2.55 bits per heavy atom. The molecule has 4 aliphatic rings. The van der Waals surface area contributed by atoms with Gasteiger partial charge in [-0.3, -0.25) is 19.2 Å². The number of alkyl halides is 1. The number of carbonyl (C=O) groups excluding carboxylic acids is 4. The topological polar surface area (TPSA) is 158 Å². The molecule has 15 heteroatoms. The number of pyridine rings is 1. The van der Waals surface area contributed by atoms with Gasteiger partial charge in [-0.15, -0.1) is 0 Å². The molecule has 3 fully saturated rings. The summed E-state index contributed by atoms with van der Waals surface area (Å²) in [5.74, 6) is -3.10. The molecule has 1 N–H and O–H groups in total. The Morgan fingerprint density at radius 2 is 1.87 bits per heavy atom. The van der Waals surface area contributed by atoms with Gasteiger partial charge in [-0.25, -0.2) is 22.5 Å². The second-order valence-electron chi connectivity index (χ2n) is 16.9. The highest BCUT2D eigenvalue weighted by atomic mass is 35.5. The number of esters is 1. The van der Waals surface area contributed by atoms with Crippen molar-refractivity contribution in [2.45, 2.75) is 115 Å². The largest absolute Gasteiger partial charge is 0.494 e. The fraction of sp³-hybridized carbons (Fsp3) is 0.625. The Bertz CT molecular complexity index is 2000. The molecule has 1 aromatic carbocycles. The third kappa shape index (κ3) is 8.65. The number of halogens is 2. The molecule has 7 atom stereocenters. The van der Waals surface area contributed by atoms with Crippen LogP contribution in [-0.2, 0) is 33.9 Å². The predicted octanol–water partition coefficient (Wildman–Crippen LogP) is 6.48. The quantitative estimate of drug-likeness (QED) is 0.232. The van der Waals surface area contributed by atoms with E-state index < -0.39 is 73.6 Å². The van der Waals surface area contributed by atoms with Crippen molar-refractivity contribution < 1.29 is 46.2 Å². The average Bonchev–Trinajstić information content (AvgIpc) is 3.98. The van der Waals surface area contributed by atoms with Crippen LogP contribution in [0.4, 0.5) is 4.39 Å². The van der Waals surface area contributed by atoms with Gasteiger partial charge in [0.1, 0.15) is 17.5 Å². The molecule has 0 radical (unpaired) electrons. The van der Waals surface area contributed by atoms with E-state index in [-0.39, 0.29) is 62.8 Å². The maximum absolute atomic E-state index is 14.8. The molecule has 55 heavy (non-hydrogen) atoms. The molecule has 2 unspecified atom stereocenters. The number of ketones is 1. The van der Waals surface area contributed by atoms with Crippen LogP contribution >= 0.6 is 11.6 Å². The van der Waals surface area contributed by atoms with Crippen LogP contribution in [0.3, 0.4) is 0 Å². The number of nitrogens with zero attached hydrogens (tertiary/aromatic N) is 2. The zero-order chi connectivity index (χ0) is 40.1. The number of hydrogen-bond acceptors (Lipinski definition) is 10. The number of hydrogen-bond donors (Lipinski definition) is 1. The first-order chi connectivity index (χ1) is 25.8. The Morgan fingerprint density at radius 1 is 1.15 bits per heavy atom. The van der Waals surface area contributed by atoms with Crippen molar-refractivity contribution in [3.63, 3.8) is 0 Å². The lowest BCUT2D eigenvalue weighted by atomic mass is 9.82. The van der Waals surface area contributed by atoms with Crippen LogP contribution in [0.15, 0.2) is 36.5 Å². The van der Waals surface area contributed by atoms with E-state index in [9.17, 15) is 32.0 Å². The van der Waals surface area contributed by atoms with Crippen molar-refractivity contribution >= 4 is 56.0 Å². The molecule has 2 aliphatic carbocycles. The summed E-state index contributed by atoms with van der Waals surface area (Å²) in [6.45, 7) is 9.24. The molecular formula is C40H51ClFN3O9S. The Hall–Kier alpha value is -3.78. The lowest BCUT2D eigenvalue weighted by Gasteiger charge is -2.32. The number of benzene rings is 1. The minimum atomic E-state index is -4.63. The number of nitrogens with one attached hydrogen (secondary N) is 1. The van der Waals surface area contributed by atoms with Gasteiger partial charge in [0.05, 0.1) is 48.7 Å². The number of Topliss-reactive ketones (excluding diaryl/α,β-unsaturated/α-hetero) is 1. The highest BCUT2D eigenvalue weighted by Gasteiger charge is 2.64. The molecule has 2 amide bonds. The number of sulfonamides is 1. The summed E-state index contributed by atoms with van der Waals surface area (Å²) in [6.07, 6.45) is 5.77. The van der Waals surface area contributed by atoms with Gasteiger partial charge in [0.2, 0.25) is 22.7 Å². The number of carbonyl (C=O) groups is 4. The molecule has 0 spiro atoms. The van der Waals surface area contributed by atoms with Crippen molar-refractivity contribution in [3.05, 3.63) is 41.6 Å². The molecule has 2 aromatic rings. The summed E-state index contributed by atoms with van der Waals surface area (Å²) in [6, 6.07) is 4.15. The van der Waals surface area contributed by atoms with Crippen LogP contribution in [0.1, 0.15) is 92.4 Å². The third-order valence-corrected chi connectivity index (χ3v) is 13.6. The van der Waals surface area contributed by atoms with E-state index >= 15 is 0 Å². The summed E-state index contributed by atoms with van der Waals surface area (Å²) in [5, 5.41) is -0.958. The van der Waals surface area contributed by atoms with Gasteiger partial charge < -0.3 is 19.1 Å². The van der Waals surface area contributed by atoms with Gasteiger partial charge in [0.25, 0.3) is 10.0 Å². The second kappa shape index (κ2) is 15.3. The molecule has 6 rings (SSSR count). The van der Waals surface area contributed by atoms with Gasteiger partial charge in [-0.05, 0) is 76.3 Å². The van der Waals surface area contributed by atoms with E-state index in [1.807, 2.05) is 23.8 Å². The van der Waals surface area contributed by atoms with Crippen molar-refractivity contribution in [2.24, 2.45) is 29.1 Å². The summed E-state index contributed by atoms with van der Waals surface area (Å²) in [4.78, 5) is 62.4. The molecule has 2 saturated carbocycles. The number of aromatic nitrogens is 1. The molecule has 3 heterocycles.